The van der Waals surface area contributed by atoms with Gasteiger partial charge >= 0.3 is 11.3 Å². The van der Waals surface area contributed by atoms with Crippen LogP contribution in [0.25, 0.3) is 43.7 Å². The van der Waals surface area contributed by atoms with Gasteiger partial charge in [0, 0.05) is 17.3 Å². The van der Waals surface area contributed by atoms with Crippen molar-refractivity contribution in [3.63, 3.8) is 0 Å². The summed E-state index contributed by atoms with van der Waals surface area (Å²) in [7, 11) is 0. The Balaban J connectivity index is 1.92. The predicted octanol–water partition coefficient (Wildman–Crippen LogP) is 5.06. The second-order valence-electron chi connectivity index (χ2n) is 7.29. The number of para-hydroxylation sites is 1. The molecule has 6 rings (SSSR count). The summed E-state index contributed by atoms with van der Waals surface area (Å²) >= 11 is 0. The van der Waals surface area contributed by atoms with E-state index in [0.717, 1.165) is 16.3 Å². The van der Waals surface area contributed by atoms with Gasteiger partial charge in [-0.05, 0) is 23.8 Å². The van der Waals surface area contributed by atoms with Crippen molar-refractivity contribution in [2.24, 2.45) is 0 Å². The molecule has 6 aromatic rings. The normalized spacial score (nSPS) is 11.7. The lowest BCUT2D eigenvalue weighted by Crippen LogP contribution is -2.04. The van der Waals surface area contributed by atoms with E-state index in [1.807, 2.05) is 60.7 Å². The molecule has 144 valence electrons. The molecule has 0 N–H and O–H groups in total. The highest BCUT2D eigenvalue weighted by Crippen LogP contribution is 2.35. The maximum absolute atomic E-state index is 13.0. The number of benzene rings is 3. The molecule has 3 aromatic carbocycles. The van der Waals surface area contributed by atoms with Crippen molar-refractivity contribution >= 4 is 43.7 Å². The van der Waals surface area contributed by atoms with Crippen molar-refractivity contribution in [1.29, 1.82) is 0 Å². The molecule has 3 heterocycles. The Morgan fingerprint density at radius 3 is 2.10 bits per heavy atom. The van der Waals surface area contributed by atoms with Crippen LogP contribution in [0.4, 0.5) is 0 Å². The van der Waals surface area contributed by atoms with E-state index in [1.54, 1.807) is 18.2 Å². The van der Waals surface area contributed by atoms with Gasteiger partial charge in [-0.2, -0.15) is 0 Å². The molecular formula is C25H15NO4. The van der Waals surface area contributed by atoms with Crippen LogP contribution in [0.15, 0.2) is 97.3 Å². The summed E-state index contributed by atoms with van der Waals surface area (Å²) in [6.45, 7) is 0.520. The van der Waals surface area contributed by atoms with Crippen LogP contribution in [0.3, 0.4) is 0 Å². The van der Waals surface area contributed by atoms with Crippen LogP contribution in [-0.2, 0) is 6.54 Å². The molecule has 0 aliphatic carbocycles. The quantitative estimate of drug-likeness (QED) is 0.386. The van der Waals surface area contributed by atoms with Gasteiger partial charge in [-0.1, -0.05) is 60.7 Å². The highest BCUT2D eigenvalue weighted by Gasteiger charge is 2.23. The van der Waals surface area contributed by atoms with Gasteiger partial charge < -0.3 is 13.4 Å². The molecule has 0 saturated heterocycles. The van der Waals surface area contributed by atoms with Crippen molar-refractivity contribution in [2.45, 2.75) is 6.54 Å². The second-order valence-corrected chi connectivity index (χ2v) is 7.29. The number of rotatable bonds is 2. The average molecular weight is 393 g/mol. The van der Waals surface area contributed by atoms with Gasteiger partial charge in [0.1, 0.15) is 11.0 Å². The summed E-state index contributed by atoms with van der Waals surface area (Å²) < 4.78 is 13.3. The van der Waals surface area contributed by atoms with Crippen LogP contribution < -0.4 is 11.3 Å². The number of fused-ring (bicyclic) bond motifs is 7. The number of hydrogen-bond donors (Lipinski definition) is 0. The van der Waals surface area contributed by atoms with E-state index in [0.29, 0.717) is 33.9 Å². The van der Waals surface area contributed by atoms with Gasteiger partial charge in [-0.25, -0.2) is 9.59 Å². The monoisotopic (exact) mass is 393 g/mol. The lowest BCUT2D eigenvalue weighted by atomic mass is 10.1. The van der Waals surface area contributed by atoms with E-state index < -0.39 is 11.3 Å². The van der Waals surface area contributed by atoms with Crippen LogP contribution in [0.1, 0.15) is 5.56 Å². The Bertz CT molecular complexity index is 1700. The SMILES string of the molecule is O=c1oc2c3c(=O)oc4ccccc4c3n(Cc3ccccc3)c2c2ccccc12. The van der Waals surface area contributed by atoms with Crippen molar-refractivity contribution in [2.75, 3.05) is 0 Å². The van der Waals surface area contributed by atoms with Crippen molar-refractivity contribution in [1.82, 2.24) is 4.57 Å². The first-order valence-corrected chi connectivity index (χ1v) is 9.66. The van der Waals surface area contributed by atoms with Crippen LogP contribution in [-0.4, -0.2) is 4.57 Å². The molecule has 0 unspecified atom stereocenters. The van der Waals surface area contributed by atoms with E-state index >= 15 is 0 Å². The minimum absolute atomic E-state index is 0.268. The molecule has 0 amide bonds. The average Bonchev–Trinajstić information content (AvgIpc) is 3.10. The Morgan fingerprint density at radius 1 is 0.633 bits per heavy atom. The standard InChI is InChI=1S/C25H15NO4/c27-24-17-11-5-4-10-16(17)22-23(30-24)20-21(26(22)14-15-8-2-1-3-9-15)18-12-6-7-13-19(18)29-25(20)28/h1-13H,14H2. The Kier molecular flexibility index (Phi) is 3.47. The zero-order valence-electron chi connectivity index (χ0n) is 15.8. The van der Waals surface area contributed by atoms with Gasteiger partial charge in [0.05, 0.1) is 16.4 Å². The van der Waals surface area contributed by atoms with Crippen molar-refractivity contribution in [3.05, 3.63) is 105 Å². The maximum Gasteiger partial charge on any atom is 0.349 e. The van der Waals surface area contributed by atoms with Gasteiger partial charge in [-0.3, -0.25) is 0 Å². The topological polar surface area (TPSA) is 65.3 Å². The van der Waals surface area contributed by atoms with Crippen LogP contribution in [0, 0.1) is 0 Å². The lowest BCUT2D eigenvalue weighted by Gasteiger charge is -2.10. The smallest absolute Gasteiger partial charge is 0.349 e. The third-order valence-corrected chi connectivity index (χ3v) is 5.55. The number of aromatic nitrogens is 1. The fourth-order valence-electron chi connectivity index (χ4n) is 4.27. The van der Waals surface area contributed by atoms with Gasteiger partial charge in [-0.15, -0.1) is 0 Å². The molecule has 30 heavy (non-hydrogen) atoms. The van der Waals surface area contributed by atoms with Gasteiger partial charge in [0.25, 0.3) is 0 Å². The molecule has 5 nitrogen and oxygen atoms in total. The summed E-state index contributed by atoms with van der Waals surface area (Å²) in [5, 5.41) is 2.32. The van der Waals surface area contributed by atoms with Gasteiger partial charge in [0.15, 0.2) is 5.58 Å². The zero-order valence-corrected chi connectivity index (χ0v) is 15.8. The van der Waals surface area contributed by atoms with E-state index in [2.05, 4.69) is 4.57 Å². The Labute approximate surface area is 169 Å². The second kappa shape index (κ2) is 6.19. The first-order valence-electron chi connectivity index (χ1n) is 9.66. The summed E-state index contributed by atoms with van der Waals surface area (Å²) in [4.78, 5) is 25.6. The molecule has 0 atom stereocenters. The third-order valence-electron chi connectivity index (χ3n) is 5.55. The van der Waals surface area contributed by atoms with Crippen LogP contribution in [0.2, 0.25) is 0 Å². The molecule has 0 spiro atoms. The Hall–Kier alpha value is -4.12. The highest BCUT2D eigenvalue weighted by molar-refractivity contribution is 6.19. The fourth-order valence-corrected chi connectivity index (χ4v) is 4.27. The first-order chi connectivity index (χ1) is 14.7. The zero-order chi connectivity index (χ0) is 20.2. The molecule has 0 radical (unpaired) electrons. The largest absolute Gasteiger partial charge is 0.422 e. The molecule has 0 aliphatic rings. The predicted molar refractivity (Wildman–Crippen MR) is 117 cm³/mol. The van der Waals surface area contributed by atoms with Crippen LogP contribution in [0.5, 0.6) is 0 Å². The number of nitrogens with zero attached hydrogens (tertiary/aromatic N) is 1. The highest BCUT2D eigenvalue weighted by atomic mass is 16.4. The van der Waals surface area contributed by atoms with Crippen molar-refractivity contribution in [3.8, 4) is 0 Å². The fraction of sp³-hybridized carbons (Fsp3) is 0.0400. The van der Waals surface area contributed by atoms with Gasteiger partial charge in [0.2, 0.25) is 0 Å². The van der Waals surface area contributed by atoms with E-state index in [1.165, 1.54) is 0 Å². The maximum atomic E-state index is 13.0. The molecule has 0 fully saturated rings. The molecule has 0 saturated carbocycles. The van der Waals surface area contributed by atoms with Crippen molar-refractivity contribution < 1.29 is 8.83 Å². The molecule has 0 aliphatic heterocycles. The number of hydrogen-bond acceptors (Lipinski definition) is 4. The van der Waals surface area contributed by atoms with E-state index in [4.69, 9.17) is 8.83 Å². The summed E-state index contributed by atoms with van der Waals surface area (Å²) in [6.07, 6.45) is 0. The Morgan fingerprint density at radius 2 is 1.30 bits per heavy atom. The minimum atomic E-state index is -0.515. The van der Waals surface area contributed by atoms with Crippen LogP contribution >= 0.6 is 0 Å². The van der Waals surface area contributed by atoms with E-state index in [-0.39, 0.29) is 5.58 Å². The molecule has 5 heteroatoms. The third kappa shape index (κ3) is 2.29. The van der Waals surface area contributed by atoms with E-state index in [9.17, 15) is 9.59 Å². The summed E-state index contributed by atoms with van der Waals surface area (Å²) in [5.41, 5.74) is 2.28. The molecule has 0 bridgehead atoms. The summed E-state index contributed by atoms with van der Waals surface area (Å²) in [5.74, 6) is 0. The summed E-state index contributed by atoms with van der Waals surface area (Å²) in [6, 6.07) is 24.7. The lowest BCUT2D eigenvalue weighted by molar-refractivity contribution is 0.558. The first kappa shape index (κ1) is 16.8. The molecule has 3 aromatic heterocycles. The minimum Gasteiger partial charge on any atom is -0.422 e. The molecular weight excluding hydrogens is 378 g/mol.